The first-order valence-corrected chi connectivity index (χ1v) is 7.66. The number of nitrogens with one attached hydrogen (secondary N) is 1. The summed E-state index contributed by atoms with van der Waals surface area (Å²) in [6, 6.07) is 6.62. The molecule has 0 fully saturated rings. The molecule has 2 aromatic rings. The topological polar surface area (TPSA) is 21.3 Å². The van der Waals surface area contributed by atoms with Gasteiger partial charge < -0.3 is 10.1 Å². The Morgan fingerprint density at radius 3 is 2.85 bits per heavy atom. The highest BCUT2D eigenvalue weighted by Gasteiger charge is 2.07. The third-order valence-corrected chi connectivity index (χ3v) is 4.31. The van der Waals surface area contributed by atoms with Gasteiger partial charge in [0.2, 0.25) is 0 Å². The van der Waals surface area contributed by atoms with Gasteiger partial charge >= 0.3 is 0 Å². The van der Waals surface area contributed by atoms with Gasteiger partial charge in [0.15, 0.2) is 0 Å². The standard InChI is InChI=1S/C15H17ClFNOS/c1-3-18-8-13-6-11(10(2)20-13)9-19-12-4-5-14(16)15(17)7-12/h4-7,18H,3,8-9H2,1-2H3. The lowest BCUT2D eigenvalue weighted by molar-refractivity contribution is 0.304. The number of hydrogen-bond donors (Lipinski definition) is 1. The molecule has 5 heteroatoms. The van der Waals surface area contributed by atoms with Crippen LogP contribution in [-0.2, 0) is 13.2 Å². The number of ether oxygens (including phenoxy) is 1. The molecule has 0 radical (unpaired) electrons. The van der Waals surface area contributed by atoms with Crippen LogP contribution in [0.15, 0.2) is 24.3 Å². The summed E-state index contributed by atoms with van der Waals surface area (Å²) in [4.78, 5) is 2.51. The first-order chi connectivity index (χ1) is 9.60. The predicted octanol–water partition coefficient (Wildman–Crippen LogP) is 4.54. The maximum atomic E-state index is 13.3. The third kappa shape index (κ3) is 3.95. The highest BCUT2D eigenvalue weighted by Crippen LogP contribution is 2.25. The summed E-state index contributed by atoms with van der Waals surface area (Å²) in [5, 5.41) is 3.41. The highest BCUT2D eigenvalue weighted by atomic mass is 35.5. The van der Waals surface area contributed by atoms with Gasteiger partial charge in [-0.1, -0.05) is 18.5 Å². The quantitative estimate of drug-likeness (QED) is 0.845. The van der Waals surface area contributed by atoms with Gasteiger partial charge in [0, 0.05) is 27.9 Å². The molecule has 0 amide bonds. The van der Waals surface area contributed by atoms with E-state index < -0.39 is 5.82 Å². The predicted molar refractivity (Wildman–Crippen MR) is 82.2 cm³/mol. The van der Waals surface area contributed by atoms with Crippen molar-refractivity contribution in [3.8, 4) is 5.75 Å². The molecule has 1 N–H and O–H groups in total. The molecule has 0 spiro atoms. The summed E-state index contributed by atoms with van der Waals surface area (Å²) < 4.78 is 18.9. The third-order valence-electron chi connectivity index (χ3n) is 2.91. The largest absolute Gasteiger partial charge is 0.489 e. The second-order valence-electron chi connectivity index (χ2n) is 4.44. The molecular formula is C15H17ClFNOS. The molecule has 1 aromatic heterocycles. The van der Waals surface area contributed by atoms with Crippen LogP contribution in [-0.4, -0.2) is 6.54 Å². The Labute approximate surface area is 127 Å². The Hall–Kier alpha value is -1.10. The second-order valence-corrected chi connectivity index (χ2v) is 6.19. The molecule has 0 unspecified atom stereocenters. The number of benzene rings is 1. The minimum Gasteiger partial charge on any atom is -0.489 e. The van der Waals surface area contributed by atoms with E-state index >= 15 is 0 Å². The van der Waals surface area contributed by atoms with Crippen LogP contribution in [0.2, 0.25) is 5.02 Å². The van der Waals surface area contributed by atoms with E-state index in [1.807, 2.05) is 0 Å². The van der Waals surface area contributed by atoms with E-state index in [1.54, 1.807) is 17.4 Å². The number of rotatable bonds is 6. The van der Waals surface area contributed by atoms with Gasteiger partial charge in [0.1, 0.15) is 18.2 Å². The summed E-state index contributed by atoms with van der Waals surface area (Å²) in [6.45, 7) is 6.42. The Morgan fingerprint density at radius 1 is 1.35 bits per heavy atom. The molecule has 1 heterocycles. The van der Waals surface area contributed by atoms with Gasteiger partial charge in [-0.05, 0) is 31.7 Å². The van der Waals surface area contributed by atoms with Crippen molar-refractivity contribution in [2.45, 2.75) is 27.0 Å². The molecular weight excluding hydrogens is 297 g/mol. The molecule has 2 nitrogen and oxygen atoms in total. The van der Waals surface area contributed by atoms with Gasteiger partial charge in [-0.25, -0.2) is 4.39 Å². The first-order valence-electron chi connectivity index (χ1n) is 6.47. The SMILES string of the molecule is CCNCc1cc(COc2ccc(Cl)c(F)c2)c(C)s1. The maximum Gasteiger partial charge on any atom is 0.145 e. The van der Waals surface area contributed by atoms with E-state index in [4.69, 9.17) is 16.3 Å². The molecule has 0 aliphatic carbocycles. The van der Waals surface area contributed by atoms with E-state index in [0.29, 0.717) is 12.4 Å². The number of aryl methyl sites for hydroxylation is 1. The molecule has 0 aliphatic heterocycles. The maximum absolute atomic E-state index is 13.3. The van der Waals surface area contributed by atoms with Crippen molar-refractivity contribution in [2.75, 3.05) is 6.54 Å². The first kappa shape index (κ1) is 15.3. The van der Waals surface area contributed by atoms with E-state index in [0.717, 1.165) is 18.7 Å². The molecule has 1 aromatic carbocycles. The van der Waals surface area contributed by atoms with E-state index in [-0.39, 0.29) is 5.02 Å². The molecule has 0 saturated carbocycles. The Bertz CT molecular complexity index is 585. The van der Waals surface area contributed by atoms with Crippen molar-refractivity contribution in [3.63, 3.8) is 0 Å². The minimum atomic E-state index is -0.459. The number of thiophene rings is 1. The molecule has 0 bridgehead atoms. The fourth-order valence-corrected chi connectivity index (χ4v) is 2.93. The lowest BCUT2D eigenvalue weighted by Crippen LogP contribution is -2.10. The smallest absolute Gasteiger partial charge is 0.145 e. The van der Waals surface area contributed by atoms with Gasteiger partial charge in [-0.2, -0.15) is 0 Å². The van der Waals surface area contributed by atoms with Crippen LogP contribution in [0.25, 0.3) is 0 Å². The van der Waals surface area contributed by atoms with Crippen LogP contribution in [0.3, 0.4) is 0 Å². The monoisotopic (exact) mass is 313 g/mol. The van der Waals surface area contributed by atoms with Gasteiger partial charge in [-0.3, -0.25) is 0 Å². The molecule has 108 valence electrons. The molecule has 0 saturated heterocycles. The zero-order valence-electron chi connectivity index (χ0n) is 11.5. The van der Waals surface area contributed by atoms with Crippen molar-refractivity contribution < 1.29 is 9.13 Å². The second kappa shape index (κ2) is 7.07. The van der Waals surface area contributed by atoms with Crippen LogP contribution >= 0.6 is 22.9 Å². The number of hydrogen-bond acceptors (Lipinski definition) is 3. The summed E-state index contributed by atoms with van der Waals surface area (Å²) >= 11 is 7.40. The summed E-state index contributed by atoms with van der Waals surface area (Å²) in [6.07, 6.45) is 0. The van der Waals surface area contributed by atoms with Gasteiger partial charge in [0.25, 0.3) is 0 Å². The fraction of sp³-hybridized carbons (Fsp3) is 0.333. The van der Waals surface area contributed by atoms with Crippen LogP contribution in [0.1, 0.15) is 22.2 Å². The van der Waals surface area contributed by atoms with Crippen molar-refractivity contribution in [2.24, 2.45) is 0 Å². The molecule has 0 aliphatic rings. The summed E-state index contributed by atoms with van der Waals surface area (Å²) in [5.74, 6) is 0.0322. The van der Waals surface area contributed by atoms with Crippen molar-refractivity contribution in [1.29, 1.82) is 0 Å². The Morgan fingerprint density at radius 2 is 2.15 bits per heavy atom. The fourth-order valence-electron chi connectivity index (χ4n) is 1.79. The van der Waals surface area contributed by atoms with Crippen molar-refractivity contribution in [3.05, 3.63) is 50.4 Å². The van der Waals surface area contributed by atoms with E-state index in [1.165, 1.54) is 21.9 Å². The molecule has 20 heavy (non-hydrogen) atoms. The normalized spacial score (nSPS) is 10.8. The number of halogens is 2. The van der Waals surface area contributed by atoms with Gasteiger partial charge in [-0.15, -0.1) is 11.3 Å². The lowest BCUT2D eigenvalue weighted by Gasteiger charge is -2.06. The summed E-state index contributed by atoms with van der Waals surface area (Å²) in [7, 11) is 0. The average Bonchev–Trinajstić information content (AvgIpc) is 2.78. The van der Waals surface area contributed by atoms with Crippen molar-refractivity contribution in [1.82, 2.24) is 5.32 Å². The van der Waals surface area contributed by atoms with Gasteiger partial charge in [0.05, 0.1) is 5.02 Å². The molecule has 0 atom stereocenters. The van der Waals surface area contributed by atoms with E-state index in [2.05, 4.69) is 25.2 Å². The lowest BCUT2D eigenvalue weighted by atomic mass is 10.2. The average molecular weight is 314 g/mol. The van der Waals surface area contributed by atoms with E-state index in [9.17, 15) is 4.39 Å². The minimum absolute atomic E-state index is 0.108. The Balaban J connectivity index is 1.99. The van der Waals surface area contributed by atoms with Crippen LogP contribution in [0, 0.1) is 12.7 Å². The zero-order valence-corrected chi connectivity index (χ0v) is 13.1. The highest BCUT2D eigenvalue weighted by molar-refractivity contribution is 7.12. The molecule has 2 rings (SSSR count). The zero-order chi connectivity index (χ0) is 14.5. The van der Waals surface area contributed by atoms with Crippen molar-refractivity contribution >= 4 is 22.9 Å². The van der Waals surface area contributed by atoms with Crippen LogP contribution < -0.4 is 10.1 Å². The summed E-state index contributed by atoms with van der Waals surface area (Å²) in [5.41, 5.74) is 1.14. The Kier molecular flexibility index (Phi) is 5.40. The van der Waals surface area contributed by atoms with Crippen LogP contribution in [0.4, 0.5) is 4.39 Å². The van der Waals surface area contributed by atoms with Crippen LogP contribution in [0.5, 0.6) is 5.75 Å².